The van der Waals surface area contributed by atoms with E-state index in [4.69, 9.17) is 9.31 Å². The maximum absolute atomic E-state index is 12.0. The number of aromatic nitrogens is 2. The Morgan fingerprint density at radius 1 is 1.19 bits per heavy atom. The van der Waals surface area contributed by atoms with Crippen LogP contribution in [0.1, 0.15) is 47.5 Å². The minimum Gasteiger partial charge on any atom is -0.399 e. The molecule has 2 aliphatic rings. The second-order valence-corrected chi connectivity index (χ2v) is 10.6. The van der Waals surface area contributed by atoms with Crippen LogP contribution in [-0.2, 0) is 25.9 Å². The summed E-state index contributed by atoms with van der Waals surface area (Å²) in [5, 5.41) is 4.46. The summed E-state index contributed by atoms with van der Waals surface area (Å²) < 4.78 is 39.6. The molecule has 0 saturated carbocycles. The van der Waals surface area contributed by atoms with E-state index in [0.29, 0.717) is 19.0 Å². The van der Waals surface area contributed by atoms with Crippen molar-refractivity contribution in [3.05, 3.63) is 12.4 Å². The van der Waals surface area contributed by atoms with E-state index < -0.39 is 17.1 Å². The average molecular weight is 383 g/mol. The van der Waals surface area contributed by atoms with Crippen LogP contribution in [-0.4, -0.2) is 59.7 Å². The van der Waals surface area contributed by atoms with Gasteiger partial charge in [0.15, 0.2) is 0 Å². The lowest BCUT2D eigenvalue weighted by Gasteiger charge is -2.32. The van der Waals surface area contributed by atoms with Gasteiger partial charge in [-0.05, 0) is 53.4 Å². The van der Waals surface area contributed by atoms with Crippen LogP contribution in [0.25, 0.3) is 0 Å². The number of rotatable bonds is 5. The van der Waals surface area contributed by atoms with Gasteiger partial charge in [-0.1, -0.05) is 0 Å². The molecular formula is C17H30BN3O4S. The maximum atomic E-state index is 12.0. The summed E-state index contributed by atoms with van der Waals surface area (Å²) in [6.07, 6.45) is 5.52. The van der Waals surface area contributed by atoms with E-state index in [-0.39, 0.29) is 17.0 Å². The smallest absolute Gasteiger partial charge is 0.399 e. The Kier molecular flexibility index (Phi) is 5.29. The van der Waals surface area contributed by atoms with Crippen molar-refractivity contribution < 1.29 is 17.7 Å². The highest BCUT2D eigenvalue weighted by Crippen LogP contribution is 2.36. The molecule has 0 amide bonds. The monoisotopic (exact) mass is 383 g/mol. The van der Waals surface area contributed by atoms with Gasteiger partial charge in [-0.3, -0.25) is 4.68 Å². The van der Waals surface area contributed by atoms with E-state index in [1.807, 2.05) is 38.6 Å². The third-order valence-corrected chi connectivity index (χ3v) is 7.84. The number of sulfonamides is 1. The fourth-order valence-corrected chi connectivity index (χ4v) is 4.53. The highest BCUT2D eigenvalue weighted by atomic mass is 32.2. The van der Waals surface area contributed by atoms with Gasteiger partial charge in [-0.2, -0.15) is 5.10 Å². The molecule has 3 heterocycles. The molecule has 3 rings (SSSR count). The van der Waals surface area contributed by atoms with Crippen LogP contribution < -0.4 is 5.46 Å². The van der Waals surface area contributed by atoms with Crippen molar-refractivity contribution in [2.45, 2.75) is 65.2 Å². The SMILES string of the molecule is CCS(=O)(=O)N1CCC(Cn2cc(B3OC(C)(C)C(C)(C)O3)cn2)CC1. The number of piperidine rings is 1. The van der Waals surface area contributed by atoms with Crippen molar-refractivity contribution in [3.63, 3.8) is 0 Å². The zero-order valence-electron chi connectivity index (χ0n) is 16.4. The van der Waals surface area contributed by atoms with Crippen molar-refractivity contribution in [1.82, 2.24) is 14.1 Å². The first-order valence-corrected chi connectivity index (χ1v) is 11.0. The maximum Gasteiger partial charge on any atom is 0.498 e. The molecule has 26 heavy (non-hydrogen) atoms. The standard InChI is InChI=1S/C17H30BN3O4S/c1-6-26(22,23)21-9-7-14(8-10-21)12-20-13-15(11-19-20)18-24-16(2,3)17(4,5)25-18/h11,13-14H,6-10,12H2,1-5H3. The predicted molar refractivity (Wildman–Crippen MR) is 102 cm³/mol. The van der Waals surface area contributed by atoms with Gasteiger partial charge >= 0.3 is 7.12 Å². The average Bonchev–Trinajstić information content (AvgIpc) is 3.10. The molecule has 2 fully saturated rings. The highest BCUT2D eigenvalue weighted by Gasteiger charge is 2.52. The van der Waals surface area contributed by atoms with Gasteiger partial charge in [0.05, 0.1) is 17.0 Å². The van der Waals surface area contributed by atoms with Crippen LogP contribution in [0, 0.1) is 5.92 Å². The zero-order valence-corrected chi connectivity index (χ0v) is 17.3. The van der Waals surface area contributed by atoms with E-state index in [2.05, 4.69) is 5.10 Å². The zero-order chi connectivity index (χ0) is 19.2. The first-order chi connectivity index (χ1) is 12.0. The summed E-state index contributed by atoms with van der Waals surface area (Å²) in [5.41, 5.74) is 0.198. The molecule has 9 heteroatoms. The molecule has 0 N–H and O–H groups in total. The quantitative estimate of drug-likeness (QED) is 0.716. The van der Waals surface area contributed by atoms with Crippen LogP contribution >= 0.6 is 0 Å². The Bertz CT molecular complexity index is 723. The van der Waals surface area contributed by atoms with Gasteiger partial charge in [-0.15, -0.1) is 0 Å². The van der Waals surface area contributed by atoms with Crippen LogP contribution in [0.2, 0.25) is 0 Å². The molecule has 0 unspecified atom stereocenters. The molecule has 2 aliphatic heterocycles. The molecule has 2 saturated heterocycles. The van der Waals surface area contributed by atoms with E-state index in [1.165, 1.54) is 0 Å². The first kappa shape index (κ1) is 19.9. The molecule has 1 aromatic heterocycles. The molecule has 0 radical (unpaired) electrons. The highest BCUT2D eigenvalue weighted by molar-refractivity contribution is 7.89. The number of hydrogen-bond donors (Lipinski definition) is 0. The minimum atomic E-state index is -3.07. The Balaban J connectivity index is 1.57. The van der Waals surface area contributed by atoms with Crippen LogP contribution in [0.5, 0.6) is 0 Å². The Labute approximate surface area is 157 Å². The lowest BCUT2D eigenvalue weighted by atomic mass is 9.82. The minimum absolute atomic E-state index is 0.175. The van der Waals surface area contributed by atoms with Gasteiger partial charge in [-0.25, -0.2) is 12.7 Å². The largest absolute Gasteiger partial charge is 0.498 e. The van der Waals surface area contributed by atoms with E-state index >= 15 is 0 Å². The molecule has 7 nitrogen and oxygen atoms in total. The third-order valence-electron chi connectivity index (χ3n) is 5.96. The number of nitrogens with zero attached hydrogens (tertiary/aromatic N) is 3. The molecular weight excluding hydrogens is 353 g/mol. The second-order valence-electron chi connectivity index (χ2n) is 8.33. The molecule has 0 aromatic carbocycles. The Morgan fingerprint density at radius 3 is 2.31 bits per heavy atom. The van der Waals surface area contributed by atoms with Gasteiger partial charge < -0.3 is 9.31 Å². The fourth-order valence-electron chi connectivity index (χ4n) is 3.40. The summed E-state index contributed by atoms with van der Waals surface area (Å²) in [7, 11) is -3.47. The fraction of sp³-hybridized carbons (Fsp3) is 0.824. The Hall–Kier alpha value is -0.895. The van der Waals surface area contributed by atoms with Crippen LogP contribution in [0.3, 0.4) is 0 Å². The van der Waals surface area contributed by atoms with Gasteiger partial charge in [0.1, 0.15) is 0 Å². The summed E-state index contributed by atoms with van der Waals surface area (Å²) >= 11 is 0. The van der Waals surface area contributed by atoms with E-state index in [1.54, 1.807) is 17.4 Å². The summed E-state index contributed by atoms with van der Waals surface area (Å²) in [6, 6.07) is 0. The molecule has 0 bridgehead atoms. The molecule has 146 valence electrons. The van der Waals surface area contributed by atoms with Crippen molar-refractivity contribution in [1.29, 1.82) is 0 Å². The molecule has 0 spiro atoms. The van der Waals surface area contributed by atoms with E-state index in [9.17, 15) is 8.42 Å². The summed E-state index contributed by atoms with van der Waals surface area (Å²) in [4.78, 5) is 0. The van der Waals surface area contributed by atoms with Gasteiger partial charge in [0.25, 0.3) is 0 Å². The molecule has 1 aromatic rings. The second kappa shape index (κ2) is 6.93. The van der Waals surface area contributed by atoms with Crippen molar-refractivity contribution in [2.24, 2.45) is 5.92 Å². The van der Waals surface area contributed by atoms with Gasteiger partial charge in [0, 0.05) is 37.5 Å². The molecule has 0 aliphatic carbocycles. The van der Waals surface area contributed by atoms with Crippen LogP contribution in [0.4, 0.5) is 0 Å². The van der Waals surface area contributed by atoms with Crippen molar-refractivity contribution in [2.75, 3.05) is 18.8 Å². The topological polar surface area (TPSA) is 73.7 Å². The van der Waals surface area contributed by atoms with Gasteiger partial charge in [0.2, 0.25) is 10.0 Å². The summed E-state index contributed by atoms with van der Waals surface area (Å²) in [5.74, 6) is 0.609. The first-order valence-electron chi connectivity index (χ1n) is 9.40. The van der Waals surface area contributed by atoms with Crippen LogP contribution in [0.15, 0.2) is 12.4 Å². The van der Waals surface area contributed by atoms with E-state index in [0.717, 1.165) is 24.8 Å². The van der Waals surface area contributed by atoms with Crippen molar-refractivity contribution >= 4 is 22.6 Å². The Morgan fingerprint density at radius 2 is 1.77 bits per heavy atom. The van der Waals surface area contributed by atoms with Crippen molar-refractivity contribution in [3.8, 4) is 0 Å². The normalized spacial score (nSPS) is 24.3. The predicted octanol–water partition coefficient (Wildman–Crippen LogP) is 1.24. The summed E-state index contributed by atoms with van der Waals surface area (Å²) in [6.45, 7) is 11.8. The number of hydrogen-bond acceptors (Lipinski definition) is 5. The lowest BCUT2D eigenvalue weighted by molar-refractivity contribution is 0.00578. The molecule has 0 atom stereocenters. The lowest BCUT2D eigenvalue weighted by Crippen LogP contribution is -2.41. The third kappa shape index (κ3) is 3.86.